The van der Waals surface area contributed by atoms with E-state index >= 15 is 0 Å². The summed E-state index contributed by atoms with van der Waals surface area (Å²) >= 11 is 0. The van der Waals surface area contributed by atoms with E-state index in [1.54, 1.807) is 0 Å². The van der Waals surface area contributed by atoms with Gasteiger partial charge in [-0.2, -0.15) is 0 Å². The van der Waals surface area contributed by atoms with Crippen LogP contribution in [0.5, 0.6) is 0 Å². The van der Waals surface area contributed by atoms with Gasteiger partial charge in [0.25, 0.3) is 0 Å². The molecular formula is C16H32N2O. The SMILES string of the molecule is CCCCC(NCC)C1(N2CCOCC2)CCCC1. The minimum atomic E-state index is 0.426. The first kappa shape index (κ1) is 15.3. The van der Waals surface area contributed by atoms with E-state index in [-0.39, 0.29) is 0 Å². The number of likely N-dealkylation sites (N-methyl/N-ethyl adjacent to an activating group) is 1. The highest BCUT2D eigenvalue weighted by molar-refractivity contribution is 5.04. The average molecular weight is 268 g/mol. The van der Waals surface area contributed by atoms with Crippen LogP contribution in [-0.2, 0) is 4.74 Å². The summed E-state index contributed by atoms with van der Waals surface area (Å²) in [4.78, 5) is 2.76. The molecule has 1 aliphatic heterocycles. The molecule has 1 N–H and O–H groups in total. The minimum Gasteiger partial charge on any atom is -0.379 e. The van der Waals surface area contributed by atoms with Crippen molar-refractivity contribution in [3.05, 3.63) is 0 Å². The molecule has 1 saturated carbocycles. The summed E-state index contributed by atoms with van der Waals surface area (Å²) in [6.07, 6.45) is 9.58. The number of nitrogens with zero attached hydrogens (tertiary/aromatic N) is 1. The fourth-order valence-electron chi connectivity index (χ4n) is 4.10. The molecule has 19 heavy (non-hydrogen) atoms. The van der Waals surface area contributed by atoms with Crippen molar-refractivity contribution in [2.45, 2.75) is 70.4 Å². The Bertz CT molecular complexity index is 245. The lowest BCUT2D eigenvalue weighted by Gasteiger charge is -2.48. The van der Waals surface area contributed by atoms with E-state index in [4.69, 9.17) is 4.74 Å². The molecule has 1 heterocycles. The molecule has 0 spiro atoms. The van der Waals surface area contributed by atoms with E-state index in [1.165, 1.54) is 44.9 Å². The van der Waals surface area contributed by atoms with Crippen LogP contribution in [0.3, 0.4) is 0 Å². The Hall–Kier alpha value is -0.120. The summed E-state index contributed by atoms with van der Waals surface area (Å²) < 4.78 is 5.56. The topological polar surface area (TPSA) is 24.5 Å². The van der Waals surface area contributed by atoms with Gasteiger partial charge in [0.2, 0.25) is 0 Å². The van der Waals surface area contributed by atoms with Gasteiger partial charge in [-0.1, -0.05) is 39.5 Å². The number of unbranched alkanes of at least 4 members (excludes halogenated alkanes) is 1. The number of ether oxygens (including phenoxy) is 1. The van der Waals surface area contributed by atoms with Gasteiger partial charge in [0.1, 0.15) is 0 Å². The van der Waals surface area contributed by atoms with E-state index in [9.17, 15) is 0 Å². The van der Waals surface area contributed by atoms with Gasteiger partial charge in [-0.25, -0.2) is 0 Å². The fourth-order valence-corrected chi connectivity index (χ4v) is 4.10. The highest BCUT2D eigenvalue weighted by Gasteiger charge is 2.45. The second-order valence-electron chi connectivity index (χ2n) is 6.16. The zero-order chi connectivity index (χ0) is 13.6. The van der Waals surface area contributed by atoms with Gasteiger partial charge in [-0.3, -0.25) is 4.90 Å². The second-order valence-corrected chi connectivity index (χ2v) is 6.16. The molecule has 0 bridgehead atoms. The molecule has 2 fully saturated rings. The predicted octanol–water partition coefficient (Wildman–Crippen LogP) is 2.80. The maximum Gasteiger partial charge on any atom is 0.0594 e. The summed E-state index contributed by atoms with van der Waals surface area (Å²) in [6.45, 7) is 9.77. The first-order valence-corrected chi connectivity index (χ1v) is 8.39. The molecule has 2 rings (SSSR count). The van der Waals surface area contributed by atoms with Crippen molar-refractivity contribution in [3.63, 3.8) is 0 Å². The number of hydrogen-bond donors (Lipinski definition) is 1. The molecule has 1 saturated heterocycles. The molecule has 3 heteroatoms. The smallest absolute Gasteiger partial charge is 0.0594 e. The van der Waals surface area contributed by atoms with Crippen LogP contribution in [0.25, 0.3) is 0 Å². The first-order chi connectivity index (χ1) is 9.33. The third-order valence-electron chi connectivity index (χ3n) is 5.06. The first-order valence-electron chi connectivity index (χ1n) is 8.39. The Kier molecular flexibility index (Phi) is 6.11. The molecule has 0 radical (unpaired) electrons. The fraction of sp³-hybridized carbons (Fsp3) is 1.00. The van der Waals surface area contributed by atoms with Gasteiger partial charge in [0, 0.05) is 24.7 Å². The van der Waals surface area contributed by atoms with Crippen LogP contribution in [0.4, 0.5) is 0 Å². The molecule has 0 aromatic carbocycles. The Balaban J connectivity index is 2.09. The van der Waals surface area contributed by atoms with E-state index in [1.807, 2.05) is 0 Å². The molecule has 112 valence electrons. The molecule has 2 aliphatic rings. The quantitative estimate of drug-likeness (QED) is 0.768. The van der Waals surface area contributed by atoms with Crippen LogP contribution in [-0.4, -0.2) is 49.3 Å². The lowest BCUT2D eigenvalue weighted by Crippen LogP contribution is -2.62. The zero-order valence-electron chi connectivity index (χ0n) is 12.9. The van der Waals surface area contributed by atoms with Crippen molar-refractivity contribution in [3.8, 4) is 0 Å². The third kappa shape index (κ3) is 3.50. The van der Waals surface area contributed by atoms with Crippen LogP contribution in [0.2, 0.25) is 0 Å². The van der Waals surface area contributed by atoms with Crippen LogP contribution in [0.1, 0.15) is 58.8 Å². The Labute approximate surface area is 119 Å². The van der Waals surface area contributed by atoms with Gasteiger partial charge in [-0.15, -0.1) is 0 Å². The number of rotatable bonds is 7. The van der Waals surface area contributed by atoms with Crippen molar-refractivity contribution in [1.82, 2.24) is 10.2 Å². The Morgan fingerprint density at radius 1 is 1.16 bits per heavy atom. The van der Waals surface area contributed by atoms with E-state index in [0.29, 0.717) is 11.6 Å². The van der Waals surface area contributed by atoms with Crippen molar-refractivity contribution in [2.75, 3.05) is 32.8 Å². The van der Waals surface area contributed by atoms with Crippen LogP contribution in [0.15, 0.2) is 0 Å². The number of nitrogens with one attached hydrogen (secondary N) is 1. The van der Waals surface area contributed by atoms with Gasteiger partial charge >= 0.3 is 0 Å². The van der Waals surface area contributed by atoms with Crippen LogP contribution >= 0.6 is 0 Å². The van der Waals surface area contributed by atoms with Crippen LogP contribution in [0, 0.1) is 0 Å². The summed E-state index contributed by atoms with van der Waals surface area (Å²) in [5, 5.41) is 3.82. The number of morpholine rings is 1. The van der Waals surface area contributed by atoms with Gasteiger partial charge in [0.05, 0.1) is 13.2 Å². The van der Waals surface area contributed by atoms with E-state index < -0.39 is 0 Å². The van der Waals surface area contributed by atoms with Gasteiger partial charge in [0.15, 0.2) is 0 Å². The summed E-state index contributed by atoms with van der Waals surface area (Å²) in [6, 6.07) is 0.679. The molecule has 1 aliphatic carbocycles. The average Bonchev–Trinajstić information content (AvgIpc) is 2.95. The second kappa shape index (κ2) is 7.61. The summed E-state index contributed by atoms with van der Waals surface area (Å²) in [5.74, 6) is 0. The maximum absolute atomic E-state index is 5.56. The van der Waals surface area contributed by atoms with Gasteiger partial charge in [-0.05, 0) is 25.8 Å². The molecule has 0 aromatic rings. The lowest BCUT2D eigenvalue weighted by molar-refractivity contribution is -0.0369. The Morgan fingerprint density at radius 3 is 2.42 bits per heavy atom. The van der Waals surface area contributed by atoms with Gasteiger partial charge < -0.3 is 10.1 Å². The molecule has 1 unspecified atom stereocenters. The highest BCUT2D eigenvalue weighted by atomic mass is 16.5. The van der Waals surface area contributed by atoms with Crippen molar-refractivity contribution in [1.29, 1.82) is 0 Å². The largest absolute Gasteiger partial charge is 0.379 e. The van der Waals surface area contributed by atoms with E-state index in [2.05, 4.69) is 24.1 Å². The normalized spacial score (nSPS) is 25.6. The molecule has 0 aromatic heterocycles. The highest BCUT2D eigenvalue weighted by Crippen LogP contribution is 2.40. The maximum atomic E-state index is 5.56. The summed E-state index contributed by atoms with van der Waals surface area (Å²) in [7, 11) is 0. The van der Waals surface area contributed by atoms with Crippen molar-refractivity contribution >= 4 is 0 Å². The molecule has 3 nitrogen and oxygen atoms in total. The lowest BCUT2D eigenvalue weighted by atomic mass is 9.82. The number of hydrogen-bond acceptors (Lipinski definition) is 3. The standard InChI is InChI=1S/C16H32N2O/c1-3-5-8-15(17-4-2)16(9-6-7-10-16)18-11-13-19-14-12-18/h15,17H,3-14H2,1-2H3. The monoisotopic (exact) mass is 268 g/mol. The Morgan fingerprint density at radius 2 is 1.84 bits per heavy atom. The van der Waals surface area contributed by atoms with E-state index in [0.717, 1.165) is 32.8 Å². The molecule has 1 atom stereocenters. The minimum absolute atomic E-state index is 0.426. The molecular weight excluding hydrogens is 236 g/mol. The van der Waals surface area contributed by atoms with Crippen LogP contribution < -0.4 is 5.32 Å². The predicted molar refractivity (Wildman–Crippen MR) is 80.6 cm³/mol. The van der Waals surface area contributed by atoms with Crippen molar-refractivity contribution < 1.29 is 4.74 Å². The zero-order valence-corrected chi connectivity index (χ0v) is 12.9. The molecule has 0 amide bonds. The summed E-state index contributed by atoms with van der Waals surface area (Å²) in [5.41, 5.74) is 0.426. The third-order valence-corrected chi connectivity index (χ3v) is 5.06. The van der Waals surface area contributed by atoms with Crippen molar-refractivity contribution in [2.24, 2.45) is 0 Å².